The molecule has 0 bridgehead atoms. The maximum atomic E-state index is 11.7. The number of carbonyl (C=O) groups is 3. The van der Waals surface area contributed by atoms with Crippen LogP contribution in [0, 0.1) is 0 Å². The lowest BCUT2D eigenvalue weighted by Gasteiger charge is -2.26. The summed E-state index contributed by atoms with van der Waals surface area (Å²) in [6.45, 7) is 1.53. The van der Waals surface area contributed by atoms with Crippen molar-refractivity contribution in [3.8, 4) is 0 Å². The van der Waals surface area contributed by atoms with E-state index < -0.39 is 23.6 Å². The van der Waals surface area contributed by atoms with Crippen molar-refractivity contribution >= 4 is 17.9 Å². The zero-order chi connectivity index (χ0) is 13.8. The highest BCUT2D eigenvalue weighted by atomic mass is 16.4. The van der Waals surface area contributed by atoms with E-state index >= 15 is 0 Å². The van der Waals surface area contributed by atoms with Crippen LogP contribution in [0.2, 0.25) is 0 Å². The molecule has 1 unspecified atom stereocenters. The standard InChI is InChI=1S/C11H19N3O4/c1-7(8(15)12-2)13-10(18)14-11(9(16)17)5-3-4-6-11/h7H,3-6H2,1-2H3,(H,12,15)(H,16,17)(H2,13,14,18). The van der Waals surface area contributed by atoms with Gasteiger partial charge in [-0.3, -0.25) is 4.79 Å². The minimum atomic E-state index is -1.19. The molecule has 0 spiro atoms. The van der Waals surface area contributed by atoms with Crippen LogP contribution in [0.5, 0.6) is 0 Å². The predicted octanol–water partition coefficient (Wildman–Crippen LogP) is -0.182. The Morgan fingerprint density at radius 3 is 2.22 bits per heavy atom. The number of hydrogen-bond donors (Lipinski definition) is 4. The Balaban J connectivity index is 2.58. The number of amides is 3. The molecule has 0 radical (unpaired) electrons. The molecule has 4 N–H and O–H groups in total. The molecule has 0 saturated heterocycles. The van der Waals surface area contributed by atoms with Crippen LogP contribution >= 0.6 is 0 Å². The number of carbonyl (C=O) groups excluding carboxylic acids is 2. The van der Waals surface area contributed by atoms with E-state index in [-0.39, 0.29) is 5.91 Å². The summed E-state index contributed by atoms with van der Waals surface area (Å²) < 4.78 is 0. The molecule has 7 nitrogen and oxygen atoms in total. The maximum absolute atomic E-state index is 11.7. The number of likely N-dealkylation sites (N-methyl/N-ethyl adjacent to an activating group) is 1. The quantitative estimate of drug-likeness (QED) is 0.560. The summed E-state index contributed by atoms with van der Waals surface area (Å²) in [7, 11) is 1.47. The van der Waals surface area contributed by atoms with E-state index in [0.29, 0.717) is 12.8 Å². The number of aliphatic carboxylic acids is 1. The average molecular weight is 257 g/mol. The highest BCUT2D eigenvalue weighted by Gasteiger charge is 2.42. The highest BCUT2D eigenvalue weighted by Crippen LogP contribution is 2.29. The summed E-state index contributed by atoms with van der Waals surface area (Å²) in [5, 5.41) is 16.5. The number of nitrogens with one attached hydrogen (secondary N) is 3. The van der Waals surface area contributed by atoms with E-state index in [1.54, 1.807) is 0 Å². The summed E-state index contributed by atoms with van der Waals surface area (Å²) in [4.78, 5) is 34.1. The van der Waals surface area contributed by atoms with Gasteiger partial charge in [-0.25, -0.2) is 9.59 Å². The highest BCUT2D eigenvalue weighted by molar-refractivity contribution is 5.90. The minimum absolute atomic E-state index is 0.332. The van der Waals surface area contributed by atoms with Crippen LogP contribution in [-0.4, -0.2) is 41.6 Å². The molecule has 18 heavy (non-hydrogen) atoms. The van der Waals surface area contributed by atoms with Gasteiger partial charge < -0.3 is 21.1 Å². The Bertz CT molecular complexity index is 350. The lowest BCUT2D eigenvalue weighted by Crippen LogP contribution is -2.58. The third kappa shape index (κ3) is 3.12. The second kappa shape index (κ2) is 5.70. The van der Waals surface area contributed by atoms with Crippen molar-refractivity contribution in [2.24, 2.45) is 0 Å². The van der Waals surface area contributed by atoms with Gasteiger partial charge in [0.15, 0.2) is 0 Å². The normalized spacial score (nSPS) is 18.8. The van der Waals surface area contributed by atoms with Gasteiger partial charge in [0, 0.05) is 7.05 Å². The molecule has 3 amide bonds. The molecule has 0 aliphatic heterocycles. The van der Waals surface area contributed by atoms with E-state index in [0.717, 1.165) is 12.8 Å². The Morgan fingerprint density at radius 2 is 1.78 bits per heavy atom. The molecule has 0 aromatic carbocycles. The van der Waals surface area contributed by atoms with Crippen molar-refractivity contribution in [1.82, 2.24) is 16.0 Å². The lowest BCUT2D eigenvalue weighted by atomic mass is 9.98. The van der Waals surface area contributed by atoms with Gasteiger partial charge in [-0.2, -0.15) is 0 Å². The van der Waals surface area contributed by atoms with Crippen LogP contribution in [0.25, 0.3) is 0 Å². The van der Waals surface area contributed by atoms with Crippen molar-refractivity contribution in [1.29, 1.82) is 0 Å². The molecule has 1 fully saturated rings. The fourth-order valence-corrected chi connectivity index (χ4v) is 2.10. The van der Waals surface area contributed by atoms with E-state index in [1.807, 2.05) is 0 Å². The third-order valence-electron chi connectivity index (χ3n) is 3.21. The summed E-state index contributed by atoms with van der Waals surface area (Å²) >= 11 is 0. The molecule has 1 rings (SSSR count). The first-order chi connectivity index (χ1) is 8.41. The van der Waals surface area contributed by atoms with Gasteiger partial charge in [0.05, 0.1) is 0 Å². The number of hydrogen-bond acceptors (Lipinski definition) is 3. The molecule has 1 aliphatic rings. The SMILES string of the molecule is CNC(=O)C(C)NC(=O)NC1(C(=O)O)CCCC1. The minimum Gasteiger partial charge on any atom is -0.480 e. The topological polar surface area (TPSA) is 108 Å². The fourth-order valence-electron chi connectivity index (χ4n) is 2.10. The van der Waals surface area contributed by atoms with E-state index in [4.69, 9.17) is 0 Å². The Labute approximate surface area is 105 Å². The third-order valence-corrected chi connectivity index (χ3v) is 3.21. The summed E-state index contributed by atoms with van der Waals surface area (Å²) in [5.74, 6) is -1.36. The second-order valence-electron chi connectivity index (χ2n) is 4.53. The molecule has 0 aromatic rings. The smallest absolute Gasteiger partial charge is 0.329 e. The van der Waals surface area contributed by atoms with Gasteiger partial charge in [-0.1, -0.05) is 12.8 Å². The summed E-state index contributed by atoms with van der Waals surface area (Å²) in [6.07, 6.45) is 2.39. The van der Waals surface area contributed by atoms with Crippen molar-refractivity contribution in [2.75, 3.05) is 7.05 Å². The first-order valence-corrected chi connectivity index (χ1v) is 5.95. The molecular weight excluding hydrogens is 238 g/mol. The Hall–Kier alpha value is -1.79. The van der Waals surface area contributed by atoms with Crippen LogP contribution in [0.4, 0.5) is 4.79 Å². The molecular formula is C11H19N3O4. The summed E-state index contributed by atoms with van der Waals surface area (Å²) in [5.41, 5.74) is -1.19. The number of carboxylic acid groups (broad SMARTS) is 1. The van der Waals surface area contributed by atoms with Crippen LogP contribution in [0.15, 0.2) is 0 Å². The zero-order valence-electron chi connectivity index (χ0n) is 10.6. The van der Waals surface area contributed by atoms with Crippen LogP contribution in [0.1, 0.15) is 32.6 Å². The van der Waals surface area contributed by atoms with E-state index in [2.05, 4.69) is 16.0 Å². The molecule has 0 aromatic heterocycles. The largest absolute Gasteiger partial charge is 0.480 e. The first-order valence-electron chi connectivity index (χ1n) is 5.95. The molecule has 1 atom stereocenters. The molecule has 1 aliphatic carbocycles. The molecule has 102 valence electrons. The summed E-state index contributed by atoms with van der Waals surface area (Å²) in [6, 6.07) is -1.34. The molecule has 1 saturated carbocycles. The Morgan fingerprint density at radius 1 is 1.22 bits per heavy atom. The van der Waals surface area contributed by atoms with Gasteiger partial charge in [0.2, 0.25) is 5.91 Å². The van der Waals surface area contributed by atoms with Crippen molar-refractivity contribution in [3.63, 3.8) is 0 Å². The molecule has 0 heterocycles. The van der Waals surface area contributed by atoms with Crippen LogP contribution < -0.4 is 16.0 Å². The van der Waals surface area contributed by atoms with Gasteiger partial charge >= 0.3 is 12.0 Å². The predicted molar refractivity (Wildman–Crippen MR) is 64.0 cm³/mol. The average Bonchev–Trinajstić information content (AvgIpc) is 2.77. The second-order valence-corrected chi connectivity index (χ2v) is 4.53. The van der Waals surface area contributed by atoms with Gasteiger partial charge in [-0.15, -0.1) is 0 Å². The number of carboxylic acids is 1. The van der Waals surface area contributed by atoms with E-state index in [9.17, 15) is 19.5 Å². The van der Waals surface area contributed by atoms with Gasteiger partial charge in [0.1, 0.15) is 11.6 Å². The van der Waals surface area contributed by atoms with Gasteiger partial charge in [-0.05, 0) is 19.8 Å². The number of rotatable bonds is 4. The zero-order valence-corrected chi connectivity index (χ0v) is 10.6. The van der Waals surface area contributed by atoms with Crippen LogP contribution in [-0.2, 0) is 9.59 Å². The van der Waals surface area contributed by atoms with Crippen molar-refractivity contribution < 1.29 is 19.5 Å². The van der Waals surface area contributed by atoms with Crippen molar-refractivity contribution in [2.45, 2.75) is 44.2 Å². The van der Waals surface area contributed by atoms with Crippen molar-refractivity contribution in [3.05, 3.63) is 0 Å². The number of urea groups is 1. The first kappa shape index (κ1) is 14.3. The molecule has 7 heteroatoms. The lowest BCUT2D eigenvalue weighted by molar-refractivity contribution is -0.144. The Kier molecular flexibility index (Phi) is 4.52. The fraction of sp³-hybridized carbons (Fsp3) is 0.727. The van der Waals surface area contributed by atoms with Gasteiger partial charge in [0.25, 0.3) is 0 Å². The van der Waals surface area contributed by atoms with E-state index in [1.165, 1.54) is 14.0 Å². The maximum Gasteiger partial charge on any atom is 0.329 e. The monoisotopic (exact) mass is 257 g/mol. The van der Waals surface area contributed by atoms with Crippen LogP contribution in [0.3, 0.4) is 0 Å².